The van der Waals surface area contributed by atoms with E-state index in [0.717, 1.165) is 31.4 Å². The van der Waals surface area contributed by atoms with Crippen molar-refractivity contribution >= 4 is 17.3 Å². The van der Waals surface area contributed by atoms with E-state index < -0.39 is 0 Å². The van der Waals surface area contributed by atoms with Gasteiger partial charge in [-0.2, -0.15) is 0 Å². The van der Waals surface area contributed by atoms with Crippen LogP contribution in [0.4, 0.5) is 11.4 Å². The Morgan fingerprint density at radius 1 is 1.06 bits per heavy atom. The Morgan fingerprint density at radius 3 is 2.85 bits per heavy atom. The van der Waals surface area contributed by atoms with Gasteiger partial charge in [-0.15, -0.1) is 0 Å². The summed E-state index contributed by atoms with van der Waals surface area (Å²) in [6, 6.07) is 17.8. The predicted molar refractivity (Wildman–Crippen MR) is 132 cm³/mol. The van der Waals surface area contributed by atoms with Gasteiger partial charge in [-0.05, 0) is 104 Å². The third kappa shape index (κ3) is 4.52. The summed E-state index contributed by atoms with van der Waals surface area (Å²) in [4.78, 5) is 18.9. The average Bonchev–Trinajstić information content (AvgIpc) is 3.09. The molecule has 2 aromatic carbocycles. The van der Waals surface area contributed by atoms with Crippen LogP contribution in [0.25, 0.3) is 0 Å². The maximum absolute atomic E-state index is 12.1. The van der Waals surface area contributed by atoms with Crippen LogP contribution >= 0.6 is 0 Å². The number of aromatic nitrogens is 1. The first-order valence-electron chi connectivity index (χ1n) is 12.2. The monoisotopic (exact) mass is 440 g/mol. The second-order valence-corrected chi connectivity index (χ2v) is 9.27. The largest absolute Gasteiger partial charge is 0.465 e. The van der Waals surface area contributed by atoms with Crippen molar-refractivity contribution in [3.05, 3.63) is 88.7 Å². The van der Waals surface area contributed by atoms with Gasteiger partial charge in [0.15, 0.2) is 0 Å². The molecule has 1 atom stereocenters. The summed E-state index contributed by atoms with van der Waals surface area (Å²) >= 11 is 0. The zero-order valence-corrected chi connectivity index (χ0v) is 19.4. The quantitative estimate of drug-likeness (QED) is 0.431. The number of ether oxygens (including phenoxy) is 1. The van der Waals surface area contributed by atoms with Gasteiger partial charge >= 0.3 is 5.97 Å². The van der Waals surface area contributed by atoms with Crippen LogP contribution in [0.3, 0.4) is 0 Å². The molecule has 2 aliphatic rings. The number of esters is 1. The number of carbonyl (C=O) groups excluding carboxylic acids is 1. The maximum atomic E-state index is 12.1. The van der Waals surface area contributed by atoms with Crippen molar-refractivity contribution in [3.8, 4) is 0 Å². The third-order valence-corrected chi connectivity index (χ3v) is 7.31. The Bertz CT molecular complexity index is 1140. The normalized spacial score (nSPS) is 17.6. The first-order valence-corrected chi connectivity index (χ1v) is 12.2. The molecule has 4 nitrogen and oxygen atoms in total. The topological polar surface area (TPSA) is 42.4 Å². The molecule has 0 saturated carbocycles. The van der Waals surface area contributed by atoms with Crippen molar-refractivity contribution in [3.63, 3.8) is 0 Å². The highest BCUT2D eigenvalue weighted by Gasteiger charge is 2.23. The Hall–Kier alpha value is -3.14. The number of hydrogen-bond donors (Lipinski definition) is 0. The molecule has 1 aliphatic carbocycles. The van der Waals surface area contributed by atoms with Crippen LogP contribution in [-0.4, -0.2) is 24.6 Å². The smallest absolute Gasteiger partial charge is 0.338 e. The molecule has 0 bridgehead atoms. The van der Waals surface area contributed by atoms with Crippen molar-refractivity contribution < 1.29 is 9.53 Å². The summed E-state index contributed by atoms with van der Waals surface area (Å²) in [6.07, 6.45) is 12.5. The lowest BCUT2D eigenvalue weighted by Crippen LogP contribution is -2.19. The van der Waals surface area contributed by atoms with Crippen LogP contribution in [0.1, 0.15) is 70.6 Å². The molecule has 0 radical (unpaired) electrons. The summed E-state index contributed by atoms with van der Waals surface area (Å²) in [7, 11) is 1.43. The number of aryl methyl sites for hydroxylation is 3. The molecule has 33 heavy (non-hydrogen) atoms. The molecular weight excluding hydrogens is 408 g/mol. The highest BCUT2D eigenvalue weighted by molar-refractivity contribution is 5.90. The van der Waals surface area contributed by atoms with E-state index in [1.54, 1.807) is 12.3 Å². The molecular formula is C29H32N2O2. The lowest BCUT2D eigenvalue weighted by Gasteiger charge is -2.30. The number of nitrogens with zero attached hydrogens (tertiary/aromatic N) is 2. The van der Waals surface area contributed by atoms with Gasteiger partial charge in [-0.1, -0.05) is 24.3 Å². The van der Waals surface area contributed by atoms with Gasteiger partial charge in [0.05, 0.1) is 12.7 Å². The van der Waals surface area contributed by atoms with Gasteiger partial charge < -0.3 is 9.64 Å². The fourth-order valence-electron chi connectivity index (χ4n) is 5.59. The number of rotatable bonds is 5. The molecule has 0 unspecified atom stereocenters. The molecule has 0 fully saturated rings. The van der Waals surface area contributed by atoms with Gasteiger partial charge in [0.2, 0.25) is 0 Å². The zero-order chi connectivity index (χ0) is 22.6. The number of hydrogen-bond acceptors (Lipinski definition) is 4. The minimum atomic E-state index is -0.279. The van der Waals surface area contributed by atoms with Crippen molar-refractivity contribution in [1.29, 1.82) is 0 Å². The number of fused-ring (bicyclic) bond motifs is 2. The van der Waals surface area contributed by atoms with Crippen molar-refractivity contribution in [2.24, 2.45) is 0 Å². The second kappa shape index (κ2) is 9.78. The van der Waals surface area contributed by atoms with Crippen molar-refractivity contribution in [2.45, 2.75) is 57.3 Å². The van der Waals surface area contributed by atoms with Gasteiger partial charge in [-0.3, -0.25) is 4.98 Å². The van der Waals surface area contributed by atoms with Crippen LogP contribution in [-0.2, 0) is 24.0 Å². The van der Waals surface area contributed by atoms with E-state index in [-0.39, 0.29) is 5.97 Å². The van der Waals surface area contributed by atoms with E-state index in [9.17, 15) is 4.79 Å². The average molecular weight is 441 g/mol. The predicted octanol–water partition coefficient (Wildman–Crippen LogP) is 6.40. The number of para-hydroxylation sites is 1. The number of anilines is 2. The van der Waals surface area contributed by atoms with Crippen LogP contribution in [0.2, 0.25) is 0 Å². The fraction of sp³-hybridized carbons (Fsp3) is 0.379. The first-order chi connectivity index (χ1) is 16.2. The van der Waals surface area contributed by atoms with E-state index in [1.165, 1.54) is 67.3 Å². The summed E-state index contributed by atoms with van der Waals surface area (Å²) < 4.78 is 4.96. The summed E-state index contributed by atoms with van der Waals surface area (Å²) in [5.74, 6) is 0.240. The maximum Gasteiger partial charge on any atom is 0.338 e. The molecule has 1 aliphatic heterocycles. The van der Waals surface area contributed by atoms with E-state index in [2.05, 4.69) is 52.3 Å². The molecule has 0 amide bonds. The standard InChI is InChI=1S/C29H32N2O2/c1-33-29(32)27-16-17-30-20-24(27)13-12-21-9-6-10-23-19-25(14-15-26(21)23)31-18-5-4-8-22-7-2-3-11-28(22)31/h2-3,7,11,14-17,19-21H,4-6,8-10,12-13,18H2,1H3/t21-/m0/s1. The lowest BCUT2D eigenvalue weighted by atomic mass is 9.79. The molecule has 5 rings (SSSR count). The highest BCUT2D eigenvalue weighted by Crippen LogP contribution is 2.39. The van der Waals surface area contributed by atoms with Crippen molar-refractivity contribution in [2.75, 3.05) is 18.6 Å². The van der Waals surface area contributed by atoms with Gasteiger partial charge in [0, 0.05) is 30.3 Å². The minimum Gasteiger partial charge on any atom is -0.465 e. The van der Waals surface area contributed by atoms with Crippen LogP contribution in [0.15, 0.2) is 60.9 Å². The van der Waals surface area contributed by atoms with E-state index in [4.69, 9.17) is 4.74 Å². The molecule has 1 aromatic heterocycles. The molecule has 0 spiro atoms. The second-order valence-electron chi connectivity index (χ2n) is 9.27. The lowest BCUT2D eigenvalue weighted by molar-refractivity contribution is 0.0599. The number of benzene rings is 2. The Balaban J connectivity index is 1.37. The summed E-state index contributed by atoms with van der Waals surface area (Å²) in [5, 5.41) is 0. The molecule has 3 aromatic rings. The van der Waals surface area contributed by atoms with Gasteiger partial charge in [-0.25, -0.2) is 4.79 Å². The number of methoxy groups -OCH3 is 1. The Labute approximate surface area is 196 Å². The Morgan fingerprint density at radius 2 is 1.94 bits per heavy atom. The van der Waals surface area contributed by atoms with Gasteiger partial charge in [0.1, 0.15) is 0 Å². The van der Waals surface area contributed by atoms with Crippen LogP contribution < -0.4 is 4.90 Å². The van der Waals surface area contributed by atoms with E-state index in [1.807, 2.05) is 6.20 Å². The molecule has 2 heterocycles. The molecule has 4 heteroatoms. The van der Waals surface area contributed by atoms with E-state index in [0.29, 0.717) is 11.5 Å². The van der Waals surface area contributed by atoms with E-state index >= 15 is 0 Å². The number of carbonyl (C=O) groups is 1. The molecule has 0 N–H and O–H groups in total. The summed E-state index contributed by atoms with van der Waals surface area (Å²) in [6.45, 7) is 1.08. The Kier molecular flexibility index (Phi) is 6.43. The summed E-state index contributed by atoms with van der Waals surface area (Å²) in [5.41, 5.74) is 8.75. The SMILES string of the molecule is COC(=O)c1ccncc1CC[C@@H]1CCCc2cc(N3CCCCc4ccccc43)ccc21. The van der Waals surface area contributed by atoms with Crippen molar-refractivity contribution in [1.82, 2.24) is 4.98 Å². The zero-order valence-electron chi connectivity index (χ0n) is 19.4. The molecule has 0 saturated heterocycles. The highest BCUT2D eigenvalue weighted by atomic mass is 16.5. The molecule has 170 valence electrons. The fourth-order valence-corrected chi connectivity index (χ4v) is 5.59. The van der Waals surface area contributed by atoms with Gasteiger partial charge in [0.25, 0.3) is 0 Å². The number of pyridine rings is 1. The van der Waals surface area contributed by atoms with Crippen LogP contribution in [0, 0.1) is 0 Å². The third-order valence-electron chi connectivity index (χ3n) is 7.31. The minimum absolute atomic E-state index is 0.279. The van der Waals surface area contributed by atoms with Crippen LogP contribution in [0.5, 0.6) is 0 Å². The first kappa shape index (κ1) is 21.7.